The van der Waals surface area contributed by atoms with E-state index in [0.717, 1.165) is 5.76 Å². The van der Waals surface area contributed by atoms with Crippen LogP contribution in [0.25, 0.3) is 0 Å². The van der Waals surface area contributed by atoms with Crippen molar-refractivity contribution < 1.29 is 17.9 Å². The molecule has 1 aromatic carbocycles. The number of nitrogens with one attached hydrogen (secondary N) is 2. The maximum atomic E-state index is 12.6. The van der Waals surface area contributed by atoms with Crippen LogP contribution in [-0.4, -0.2) is 45.2 Å². The number of ether oxygens (including phenoxy) is 1. The fourth-order valence-corrected chi connectivity index (χ4v) is 2.70. The number of hydrogen-bond acceptors (Lipinski definition) is 4. The molecule has 0 bridgehead atoms. The van der Waals surface area contributed by atoms with Gasteiger partial charge in [-0.2, -0.15) is 8.78 Å². The van der Waals surface area contributed by atoms with Gasteiger partial charge in [0.15, 0.2) is 5.96 Å². The largest absolute Gasteiger partial charge is 0.468 e. The first kappa shape index (κ1) is 24.4. The van der Waals surface area contributed by atoms with Crippen molar-refractivity contribution in [3.8, 4) is 5.75 Å². The maximum Gasteiger partial charge on any atom is 0.387 e. The molecule has 0 spiro atoms. The van der Waals surface area contributed by atoms with Crippen LogP contribution in [0.4, 0.5) is 8.78 Å². The molecule has 2 rings (SSSR count). The van der Waals surface area contributed by atoms with Gasteiger partial charge in [-0.15, -0.1) is 24.0 Å². The van der Waals surface area contributed by atoms with Crippen LogP contribution in [0.5, 0.6) is 5.75 Å². The van der Waals surface area contributed by atoms with E-state index in [0.29, 0.717) is 23.1 Å². The molecule has 0 aliphatic carbocycles. The number of likely N-dealkylation sites (N-methyl/N-ethyl adjacent to an activating group) is 1. The van der Waals surface area contributed by atoms with Crippen molar-refractivity contribution in [2.24, 2.45) is 4.99 Å². The molecule has 2 N–H and O–H groups in total. The zero-order chi connectivity index (χ0) is 19.8. The third-order valence-corrected chi connectivity index (χ3v) is 4.10. The van der Waals surface area contributed by atoms with E-state index in [1.54, 1.807) is 19.4 Å². The number of rotatable bonds is 8. The van der Waals surface area contributed by atoms with Crippen molar-refractivity contribution in [1.82, 2.24) is 15.5 Å². The Labute approximate surface area is 185 Å². The van der Waals surface area contributed by atoms with E-state index in [-0.39, 0.29) is 42.3 Å². The summed E-state index contributed by atoms with van der Waals surface area (Å²) in [6, 6.07) is 8.24. The maximum absolute atomic E-state index is 12.6. The Kier molecular flexibility index (Phi) is 10.5. The molecule has 1 atom stereocenters. The first-order valence-electron chi connectivity index (χ1n) is 8.28. The number of nitrogens with zero attached hydrogens (tertiary/aromatic N) is 2. The summed E-state index contributed by atoms with van der Waals surface area (Å²) in [6.45, 7) is -2.15. The van der Waals surface area contributed by atoms with Crippen LogP contribution in [0.2, 0.25) is 5.02 Å². The average molecular weight is 529 g/mol. The standard InChI is InChI=1S/C18H23ClF2N4O2.HI/c1-22-18(24-11-14(25(2)3)16-5-4-8-26-16)23-10-12-9-13(19)6-7-15(12)27-17(20)21;/h4-9,14,17H,10-11H2,1-3H3,(H2,22,23,24);1H. The van der Waals surface area contributed by atoms with Gasteiger partial charge in [-0.05, 0) is 44.4 Å². The van der Waals surface area contributed by atoms with E-state index in [1.807, 2.05) is 31.1 Å². The molecule has 0 amide bonds. The highest BCUT2D eigenvalue weighted by atomic mass is 127. The van der Waals surface area contributed by atoms with Crippen LogP contribution in [-0.2, 0) is 6.54 Å². The number of halogens is 4. The molecule has 1 unspecified atom stereocenters. The Morgan fingerprint density at radius 3 is 2.61 bits per heavy atom. The van der Waals surface area contributed by atoms with Gasteiger partial charge in [-0.3, -0.25) is 9.89 Å². The van der Waals surface area contributed by atoms with E-state index in [4.69, 9.17) is 16.0 Å². The second kappa shape index (κ2) is 12.1. The summed E-state index contributed by atoms with van der Waals surface area (Å²) < 4.78 is 35.1. The zero-order valence-corrected chi connectivity index (χ0v) is 18.9. The van der Waals surface area contributed by atoms with E-state index in [2.05, 4.69) is 20.4 Å². The lowest BCUT2D eigenvalue weighted by Crippen LogP contribution is -2.41. The van der Waals surface area contributed by atoms with Crippen molar-refractivity contribution in [3.63, 3.8) is 0 Å². The van der Waals surface area contributed by atoms with Crippen molar-refractivity contribution >= 4 is 41.5 Å². The number of furan rings is 1. The highest BCUT2D eigenvalue weighted by Gasteiger charge is 2.17. The molecule has 0 radical (unpaired) electrons. The second-order valence-corrected chi connectivity index (χ2v) is 6.37. The molecule has 0 saturated carbocycles. The summed E-state index contributed by atoms with van der Waals surface area (Å²) in [5.41, 5.74) is 0.501. The van der Waals surface area contributed by atoms with Gasteiger partial charge in [-0.1, -0.05) is 11.6 Å². The van der Waals surface area contributed by atoms with E-state index >= 15 is 0 Å². The minimum absolute atomic E-state index is 0. The third kappa shape index (κ3) is 7.44. The molecule has 2 aromatic rings. The van der Waals surface area contributed by atoms with Crippen molar-refractivity contribution in [3.05, 3.63) is 52.9 Å². The molecule has 0 saturated heterocycles. The lowest BCUT2D eigenvalue weighted by atomic mass is 10.2. The van der Waals surface area contributed by atoms with Crippen LogP contribution < -0.4 is 15.4 Å². The van der Waals surface area contributed by atoms with Gasteiger partial charge in [0, 0.05) is 30.7 Å². The lowest BCUT2D eigenvalue weighted by Gasteiger charge is -2.24. The molecule has 0 aliphatic rings. The van der Waals surface area contributed by atoms with Gasteiger partial charge in [0.1, 0.15) is 11.5 Å². The molecular formula is C18H24ClF2IN4O2. The van der Waals surface area contributed by atoms with Gasteiger partial charge in [0.05, 0.1) is 12.3 Å². The predicted octanol–water partition coefficient (Wildman–Crippen LogP) is 4.12. The van der Waals surface area contributed by atoms with Crippen LogP contribution >= 0.6 is 35.6 Å². The minimum atomic E-state index is -2.91. The molecule has 1 aromatic heterocycles. The highest BCUT2D eigenvalue weighted by molar-refractivity contribution is 14.0. The average Bonchev–Trinajstić information content (AvgIpc) is 3.13. The molecule has 1 heterocycles. The van der Waals surface area contributed by atoms with Gasteiger partial charge in [0.25, 0.3) is 0 Å². The second-order valence-electron chi connectivity index (χ2n) is 5.93. The topological polar surface area (TPSA) is 62.0 Å². The van der Waals surface area contributed by atoms with Gasteiger partial charge in [0.2, 0.25) is 0 Å². The van der Waals surface area contributed by atoms with E-state index in [9.17, 15) is 8.78 Å². The van der Waals surface area contributed by atoms with E-state index in [1.165, 1.54) is 12.1 Å². The smallest absolute Gasteiger partial charge is 0.387 e. The Balaban J connectivity index is 0.00000392. The normalized spacial score (nSPS) is 12.6. The summed E-state index contributed by atoms with van der Waals surface area (Å²) in [5.74, 6) is 1.40. The molecule has 156 valence electrons. The number of benzene rings is 1. The Morgan fingerprint density at radius 1 is 1.29 bits per heavy atom. The minimum Gasteiger partial charge on any atom is -0.468 e. The SMILES string of the molecule is CN=C(NCc1cc(Cl)ccc1OC(F)F)NCC(c1ccco1)N(C)C.I. The summed E-state index contributed by atoms with van der Waals surface area (Å²) in [5, 5.41) is 6.70. The third-order valence-electron chi connectivity index (χ3n) is 3.87. The summed E-state index contributed by atoms with van der Waals surface area (Å²) in [4.78, 5) is 6.17. The predicted molar refractivity (Wildman–Crippen MR) is 117 cm³/mol. The summed E-state index contributed by atoms with van der Waals surface area (Å²) in [6.07, 6.45) is 1.63. The molecular weight excluding hydrogens is 505 g/mol. The fourth-order valence-electron chi connectivity index (χ4n) is 2.51. The van der Waals surface area contributed by atoms with Crippen molar-refractivity contribution in [2.75, 3.05) is 27.7 Å². The number of hydrogen-bond donors (Lipinski definition) is 2. The van der Waals surface area contributed by atoms with Gasteiger partial charge < -0.3 is 19.8 Å². The molecule has 0 aliphatic heterocycles. The Bertz CT molecular complexity index is 745. The lowest BCUT2D eigenvalue weighted by molar-refractivity contribution is -0.0504. The first-order chi connectivity index (χ1) is 12.9. The molecule has 28 heavy (non-hydrogen) atoms. The summed E-state index contributed by atoms with van der Waals surface area (Å²) in [7, 11) is 5.53. The Hall–Kier alpha value is -1.59. The first-order valence-corrected chi connectivity index (χ1v) is 8.66. The fraction of sp³-hybridized carbons (Fsp3) is 0.389. The molecule has 6 nitrogen and oxygen atoms in total. The number of alkyl halides is 2. The van der Waals surface area contributed by atoms with Crippen LogP contribution in [0.3, 0.4) is 0 Å². The van der Waals surface area contributed by atoms with E-state index < -0.39 is 6.61 Å². The van der Waals surface area contributed by atoms with Crippen molar-refractivity contribution in [1.29, 1.82) is 0 Å². The zero-order valence-electron chi connectivity index (χ0n) is 15.8. The summed E-state index contributed by atoms with van der Waals surface area (Å²) >= 11 is 5.96. The van der Waals surface area contributed by atoms with Gasteiger partial charge >= 0.3 is 6.61 Å². The quantitative estimate of drug-likeness (QED) is 0.307. The molecule has 0 fully saturated rings. The molecule has 10 heteroatoms. The van der Waals surface area contributed by atoms with Crippen molar-refractivity contribution in [2.45, 2.75) is 19.2 Å². The van der Waals surface area contributed by atoms with Gasteiger partial charge in [-0.25, -0.2) is 0 Å². The van der Waals surface area contributed by atoms with Crippen LogP contribution in [0.15, 0.2) is 46.0 Å². The Morgan fingerprint density at radius 2 is 2.04 bits per heavy atom. The monoisotopic (exact) mass is 528 g/mol. The van der Waals surface area contributed by atoms with Crippen LogP contribution in [0, 0.1) is 0 Å². The number of aliphatic imine (C=N–C) groups is 1. The highest BCUT2D eigenvalue weighted by Crippen LogP contribution is 2.24. The van der Waals surface area contributed by atoms with Crippen LogP contribution in [0.1, 0.15) is 17.4 Å². The number of guanidine groups is 1.